The first-order valence-corrected chi connectivity index (χ1v) is 4.28. The largest absolute Gasteiger partial charge is 0.486 e. The summed E-state index contributed by atoms with van der Waals surface area (Å²) in [6.07, 6.45) is -0.412. The third kappa shape index (κ3) is 3.32. The molecule has 0 saturated heterocycles. The fourth-order valence-corrected chi connectivity index (χ4v) is 1.02. The van der Waals surface area contributed by atoms with Crippen LogP contribution < -0.4 is 4.74 Å². The van der Waals surface area contributed by atoms with Crippen LogP contribution in [0.3, 0.4) is 0 Å². The Balaban J connectivity index is 2.53. The van der Waals surface area contributed by atoms with E-state index in [4.69, 9.17) is 14.6 Å². The Kier molecular flexibility index (Phi) is 4.35. The molecule has 14 heavy (non-hydrogen) atoms. The summed E-state index contributed by atoms with van der Waals surface area (Å²) >= 11 is 0. The summed E-state index contributed by atoms with van der Waals surface area (Å²) in [4.78, 5) is 0. The number of benzene rings is 1. The van der Waals surface area contributed by atoms with Gasteiger partial charge in [-0.2, -0.15) is 0 Å². The van der Waals surface area contributed by atoms with Crippen LogP contribution in [-0.4, -0.2) is 31.5 Å². The van der Waals surface area contributed by atoms with Crippen LogP contribution in [0.5, 0.6) is 5.75 Å². The number of hydrogen-bond acceptors (Lipinski definition) is 3. The van der Waals surface area contributed by atoms with Gasteiger partial charge in [0.1, 0.15) is 17.7 Å². The van der Waals surface area contributed by atoms with E-state index < -0.39 is 6.10 Å². The van der Waals surface area contributed by atoms with Gasteiger partial charge in [-0.05, 0) is 24.3 Å². The number of rotatable bonds is 5. The molecule has 1 N–H and O–H groups in total. The highest BCUT2D eigenvalue weighted by Gasteiger charge is 2.08. The lowest BCUT2D eigenvalue weighted by Crippen LogP contribution is -2.26. The van der Waals surface area contributed by atoms with Crippen molar-refractivity contribution in [1.29, 1.82) is 0 Å². The molecule has 0 aliphatic heterocycles. The molecule has 0 fully saturated rings. The number of methoxy groups -OCH3 is 1. The van der Waals surface area contributed by atoms with Gasteiger partial charge in [-0.1, -0.05) is 0 Å². The van der Waals surface area contributed by atoms with E-state index in [9.17, 15) is 4.39 Å². The third-order valence-corrected chi connectivity index (χ3v) is 1.67. The van der Waals surface area contributed by atoms with Crippen LogP contribution in [0.25, 0.3) is 0 Å². The lowest BCUT2D eigenvalue weighted by molar-refractivity contribution is 0.0413. The standard InChI is InChI=1S/C10H13FO3/c1-13-7-10(6-12)14-9-4-2-8(11)3-5-9/h2-5,10,12H,6-7H2,1H3. The van der Waals surface area contributed by atoms with Gasteiger partial charge in [0.25, 0.3) is 0 Å². The van der Waals surface area contributed by atoms with Crippen LogP contribution in [0.2, 0.25) is 0 Å². The zero-order valence-electron chi connectivity index (χ0n) is 7.94. The van der Waals surface area contributed by atoms with Crippen molar-refractivity contribution >= 4 is 0 Å². The zero-order chi connectivity index (χ0) is 10.4. The van der Waals surface area contributed by atoms with Gasteiger partial charge in [0.05, 0.1) is 13.2 Å². The molecule has 3 nitrogen and oxygen atoms in total. The quantitative estimate of drug-likeness (QED) is 0.776. The average Bonchev–Trinajstić information content (AvgIpc) is 2.20. The molecule has 1 rings (SSSR count). The van der Waals surface area contributed by atoms with Gasteiger partial charge >= 0.3 is 0 Å². The molecule has 78 valence electrons. The van der Waals surface area contributed by atoms with Gasteiger partial charge in [0.2, 0.25) is 0 Å². The highest BCUT2D eigenvalue weighted by molar-refractivity contribution is 5.22. The Morgan fingerprint density at radius 1 is 1.36 bits per heavy atom. The van der Waals surface area contributed by atoms with Crippen LogP contribution in [-0.2, 0) is 4.74 Å². The smallest absolute Gasteiger partial charge is 0.145 e. The van der Waals surface area contributed by atoms with Crippen molar-refractivity contribution in [1.82, 2.24) is 0 Å². The summed E-state index contributed by atoms with van der Waals surface area (Å²) in [5.74, 6) is 0.201. The molecule has 0 radical (unpaired) electrons. The lowest BCUT2D eigenvalue weighted by Gasteiger charge is -2.15. The Morgan fingerprint density at radius 2 is 2.00 bits per heavy atom. The first kappa shape index (κ1) is 10.9. The van der Waals surface area contributed by atoms with Gasteiger partial charge in [-0.25, -0.2) is 4.39 Å². The van der Waals surface area contributed by atoms with E-state index in [0.29, 0.717) is 12.4 Å². The second-order valence-corrected chi connectivity index (χ2v) is 2.83. The Hall–Kier alpha value is -1.13. The summed E-state index contributed by atoms with van der Waals surface area (Å²) in [7, 11) is 1.52. The predicted octanol–water partition coefficient (Wildman–Crippen LogP) is 1.21. The van der Waals surface area contributed by atoms with Crippen LogP contribution in [0.15, 0.2) is 24.3 Å². The molecular formula is C10H13FO3. The molecule has 0 heterocycles. The van der Waals surface area contributed by atoms with Gasteiger partial charge in [-0.15, -0.1) is 0 Å². The Morgan fingerprint density at radius 3 is 2.50 bits per heavy atom. The number of aliphatic hydroxyl groups is 1. The molecule has 0 bridgehead atoms. The van der Waals surface area contributed by atoms with Crippen LogP contribution in [0.1, 0.15) is 0 Å². The monoisotopic (exact) mass is 200 g/mol. The van der Waals surface area contributed by atoms with E-state index in [-0.39, 0.29) is 12.4 Å². The number of hydrogen-bond donors (Lipinski definition) is 1. The minimum atomic E-state index is -0.412. The maximum absolute atomic E-state index is 12.5. The van der Waals surface area contributed by atoms with Crippen LogP contribution >= 0.6 is 0 Å². The second-order valence-electron chi connectivity index (χ2n) is 2.83. The summed E-state index contributed by atoms with van der Waals surface area (Å²) in [6, 6.07) is 5.62. The highest BCUT2D eigenvalue weighted by atomic mass is 19.1. The zero-order valence-corrected chi connectivity index (χ0v) is 7.94. The van der Waals surface area contributed by atoms with Gasteiger partial charge in [0.15, 0.2) is 0 Å². The lowest BCUT2D eigenvalue weighted by atomic mass is 10.3. The minimum absolute atomic E-state index is 0.134. The fourth-order valence-electron chi connectivity index (χ4n) is 1.02. The SMILES string of the molecule is COCC(CO)Oc1ccc(F)cc1. The van der Waals surface area contributed by atoms with Crippen molar-refractivity contribution in [3.05, 3.63) is 30.1 Å². The van der Waals surface area contributed by atoms with Crippen molar-refractivity contribution < 1.29 is 19.0 Å². The Bertz CT molecular complexity index is 261. The predicted molar refractivity (Wildman–Crippen MR) is 49.8 cm³/mol. The topological polar surface area (TPSA) is 38.7 Å². The van der Waals surface area contributed by atoms with E-state index in [1.807, 2.05) is 0 Å². The molecule has 1 unspecified atom stereocenters. The van der Waals surface area contributed by atoms with Gasteiger partial charge in [0, 0.05) is 7.11 Å². The molecule has 1 aromatic carbocycles. The van der Waals surface area contributed by atoms with Gasteiger partial charge < -0.3 is 14.6 Å². The fraction of sp³-hybridized carbons (Fsp3) is 0.400. The normalized spacial score (nSPS) is 12.5. The van der Waals surface area contributed by atoms with Crippen molar-refractivity contribution in [2.24, 2.45) is 0 Å². The first-order chi connectivity index (χ1) is 6.76. The molecule has 0 saturated carbocycles. The summed E-state index contributed by atoms with van der Waals surface area (Å²) in [5, 5.41) is 8.89. The number of aliphatic hydroxyl groups excluding tert-OH is 1. The molecule has 0 spiro atoms. The Labute approximate surface area is 82.1 Å². The number of halogens is 1. The molecule has 1 aromatic rings. The summed E-state index contributed by atoms with van der Waals surface area (Å²) in [5.41, 5.74) is 0. The minimum Gasteiger partial charge on any atom is -0.486 e. The van der Waals surface area contributed by atoms with Crippen molar-refractivity contribution in [3.63, 3.8) is 0 Å². The van der Waals surface area contributed by atoms with Gasteiger partial charge in [-0.3, -0.25) is 0 Å². The second kappa shape index (κ2) is 5.57. The first-order valence-electron chi connectivity index (χ1n) is 4.28. The van der Waals surface area contributed by atoms with E-state index in [1.165, 1.54) is 31.4 Å². The van der Waals surface area contributed by atoms with Crippen molar-refractivity contribution in [3.8, 4) is 5.75 Å². The van der Waals surface area contributed by atoms with Crippen molar-refractivity contribution in [2.75, 3.05) is 20.3 Å². The molecule has 4 heteroatoms. The molecule has 0 aliphatic rings. The third-order valence-electron chi connectivity index (χ3n) is 1.67. The van der Waals surface area contributed by atoms with E-state index in [0.717, 1.165) is 0 Å². The average molecular weight is 200 g/mol. The summed E-state index contributed by atoms with van der Waals surface area (Å²) in [6.45, 7) is 0.166. The maximum Gasteiger partial charge on any atom is 0.145 e. The molecule has 1 atom stereocenters. The van der Waals surface area contributed by atoms with Crippen LogP contribution in [0.4, 0.5) is 4.39 Å². The van der Waals surface area contributed by atoms with Crippen LogP contribution in [0, 0.1) is 5.82 Å². The molecule has 0 aromatic heterocycles. The highest BCUT2D eigenvalue weighted by Crippen LogP contribution is 2.12. The molecular weight excluding hydrogens is 187 g/mol. The van der Waals surface area contributed by atoms with E-state index >= 15 is 0 Å². The maximum atomic E-state index is 12.5. The van der Waals surface area contributed by atoms with Crippen molar-refractivity contribution in [2.45, 2.75) is 6.10 Å². The number of ether oxygens (including phenoxy) is 2. The molecule has 0 aliphatic carbocycles. The summed E-state index contributed by atoms with van der Waals surface area (Å²) < 4.78 is 22.7. The molecule has 0 amide bonds. The van der Waals surface area contributed by atoms with E-state index in [2.05, 4.69) is 0 Å². The van der Waals surface area contributed by atoms with E-state index in [1.54, 1.807) is 0 Å².